The summed E-state index contributed by atoms with van der Waals surface area (Å²) < 4.78 is 0. The maximum absolute atomic E-state index is 12.7. The third-order valence-electron chi connectivity index (χ3n) is 6.91. The summed E-state index contributed by atoms with van der Waals surface area (Å²) in [6.07, 6.45) is 20.6. The Morgan fingerprint density at radius 2 is 1.00 bits per heavy atom. The summed E-state index contributed by atoms with van der Waals surface area (Å²) in [5, 5.41) is 9.64. The molecule has 0 amide bonds. The molecule has 0 saturated carbocycles. The van der Waals surface area contributed by atoms with E-state index in [0.29, 0.717) is 12.8 Å². The van der Waals surface area contributed by atoms with Crippen molar-refractivity contribution in [1.82, 2.24) is 0 Å². The lowest BCUT2D eigenvalue weighted by atomic mass is 9.81. The van der Waals surface area contributed by atoms with Gasteiger partial charge in [-0.25, -0.2) is 4.79 Å². The van der Waals surface area contributed by atoms with Crippen molar-refractivity contribution >= 4 is 17.5 Å². The van der Waals surface area contributed by atoms with Gasteiger partial charge in [0.25, 0.3) is 0 Å². The Morgan fingerprint density at radius 1 is 0.647 bits per heavy atom. The van der Waals surface area contributed by atoms with Gasteiger partial charge in [0.15, 0.2) is 11.3 Å². The van der Waals surface area contributed by atoms with E-state index in [4.69, 9.17) is 11.5 Å². The first-order valence-corrected chi connectivity index (χ1v) is 14.1. The van der Waals surface area contributed by atoms with E-state index in [1.165, 1.54) is 70.6 Å². The van der Waals surface area contributed by atoms with Gasteiger partial charge in [-0.1, -0.05) is 117 Å². The van der Waals surface area contributed by atoms with Crippen molar-refractivity contribution in [3.8, 4) is 0 Å². The number of unbranched alkanes of at least 4 members (excludes halogenated alkanes) is 16. The molecule has 2 unspecified atom stereocenters. The molecule has 2 atom stereocenters. The molecule has 0 aliphatic rings. The molecular weight excluding hydrogens is 428 g/mol. The molecule has 5 N–H and O–H groups in total. The second kappa shape index (κ2) is 21.0. The average molecular weight is 483 g/mol. The molecule has 0 aliphatic heterocycles. The highest BCUT2D eigenvalue weighted by atomic mass is 16.4. The van der Waals surface area contributed by atoms with Crippen molar-refractivity contribution in [3.05, 3.63) is 0 Å². The third-order valence-corrected chi connectivity index (χ3v) is 6.91. The topological polar surface area (TPSA) is 123 Å². The zero-order valence-electron chi connectivity index (χ0n) is 22.3. The molecule has 0 aromatic carbocycles. The Kier molecular flexibility index (Phi) is 20.3. The zero-order valence-corrected chi connectivity index (χ0v) is 22.3. The Hall–Kier alpha value is -1.27. The quantitative estimate of drug-likeness (QED) is 0.101. The molecule has 200 valence electrons. The highest BCUT2D eigenvalue weighted by molar-refractivity contribution is 6.09. The molecule has 6 nitrogen and oxygen atoms in total. The molecule has 0 aromatic heterocycles. The molecule has 0 rings (SSSR count). The standard InChI is InChI=1S/C28H54N2O4/c1-3-5-7-9-11-13-15-17-19-21-24(31)23-25(29)28(30,27(33)34)26(32)22-20-18-16-14-12-10-8-6-4-2/h25H,3-23,29-30H2,1-2H3,(H,33,34). The highest BCUT2D eigenvalue weighted by Crippen LogP contribution is 2.19. The lowest BCUT2D eigenvalue weighted by Crippen LogP contribution is -2.66. The van der Waals surface area contributed by atoms with Crippen LogP contribution in [0.5, 0.6) is 0 Å². The Labute approximate surface area is 209 Å². The number of carbonyl (C=O) groups is 3. The summed E-state index contributed by atoms with van der Waals surface area (Å²) in [7, 11) is 0. The molecule has 0 spiro atoms. The predicted octanol–water partition coefficient (Wildman–Crippen LogP) is 6.47. The van der Waals surface area contributed by atoms with E-state index in [0.717, 1.165) is 38.5 Å². The number of carboxylic acids is 1. The minimum absolute atomic E-state index is 0.0960. The van der Waals surface area contributed by atoms with Gasteiger partial charge in [0.05, 0.1) is 0 Å². The van der Waals surface area contributed by atoms with E-state index in [1.807, 2.05) is 0 Å². The largest absolute Gasteiger partial charge is 0.479 e. The van der Waals surface area contributed by atoms with Gasteiger partial charge < -0.3 is 16.6 Å². The van der Waals surface area contributed by atoms with Gasteiger partial charge >= 0.3 is 5.97 Å². The van der Waals surface area contributed by atoms with Crippen LogP contribution in [0.25, 0.3) is 0 Å². The predicted molar refractivity (Wildman–Crippen MR) is 141 cm³/mol. The van der Waals surface area contributed by atoms with Crippen LogP contribution in [-0.2, 0) is 14.4 Å². The van der Waals surface area contributed by atoms with Gasteiger partial charge in [-0.2, -0.15) is 0 Å². The second-order valence-electron chi connectivity index (χ2n) is 10.1. The Bertz CT molecular complexity index is 553. The number of nitrogens with two attached hydrogens (primary N) is 2. The smallest absolute Gasteiger partial charge is 0.333 e. The van der Waals surface area contributed by atoms with Crippen molar-refractivity contribution in [1.29, 1.82) is 0 Å². The van der Waals surface area contributed by atoms with Gasteiger partial charge in [0, 0.05) is 25.3 Å². The summed E-state index contributed by atoms with van der Waals surface area (Å²) in [6.45, 7) is 4.41. The molecule has 0 aliphatic carbocycles. The number of hydrogen-bond acceptors (Lipinski definition) is 5. The number of Topliss-reactive ketones (excluding diaryl/α,β-unsaturated/α-hetero) is 2. The van der Waals surface area contributed by atoms with Crippen LogP contribution in [0.3, 0.4) is 0 Å². The van der Waals surface area contributed by atoms with Crippen molar-refractivity contribution in [2.24, 2.45) is 11.5 Å². The van der Waals surface area contributed by atoms with E-state index in [1.54, 1.807) is 0 Å². The molecule has 0 aromatic rings. The lowest BCUT2D eigenvalue weighted by molar-refractivity contribution is -0.149. The number of carbonyl (C=O) groups excluding carboxylic acids is 2. The zero-order chi connectivity index (χ0) is 25.7. The van der Waals surface area contributed by atoms with Gasteiger partial charge in [0.2, 0.25) is 0 Å². The van der Waals surface area contributed by atoms with Gasteiger partial charge in [-0.05, 0) is 12.8 Å². The highest BCUT2D eigenvalue weighted by Gasteiger charge is 2.47. The van der Waals surface area contributed by atoms with E-state index < -0.39 is 23.3 Å². The first-order chi connectivity index (χ1) is 16.3. The molecule has 34 heavy (non-hydrogen) atoms. The van der Waals surface area contributed by atoms with Crippen LogP contribution in [0.1, 0.15) is 149 Å². The van der Waals surface area contributed by atoms with Crippen LogP contribution in [0.4, 0.5) is 0 Å². The van der Waals surface area contributed by atoms with Crippen molar-refractivity contribution in [2.75, 3.05) is 0 Å². The van der Waals surface area contributed by atoms with Gasteiger partial charge in [-0.3, -0.25) is 9.59 Å². The summed E-state index contributed by atoms with van der Waals surface area (Å²) in [5.74, 6) is -2.11. The number of aliphatic carboxylic acids is 1. The summed E-state index contributed by atoms with van der Waals surface area (Å²) in [5.41, 5.74) is 9.84. The van der Waals surface area contributed by atoms with Crippen LogP contribution < -0.4 is 11.5 Å². The first-order valence-electron chi connectivity index (χ1n) is 14.1. The molecule has 0 fully saturated rings. The van der Waals surface area contributed by atoms with Crippen LogP contribution in [0, 0.1) is 0 Å². The fourth-order valence-corrected chi connectivity index (χ4v) is 4.43. The van der Waals surface area contributed by atoms with E-state index in [9.17, 15) is 19.5 Å². The minimum Gasteiger partial charge on any atom is -0.479 e. The SMILES string of the molecule is CCCCCCCCCCCC(=O)CC(N)C(N)(C(=O)O)C(=O)CCCCCCCCCCC. The van der Waals surface area contributed by atoms with Crippen molar-refractivity contribution in [2.45, 2.75) is 160 Å². The lowest BCUT2D eigenvalue weighted by Gasteiger charge is -2.29. The van der Waals surface area contributed by atoms with E-state index >= 15 is 0 Å². The van der Waals surface area contributed by atoms with Crippen LogP contribution >= 0.6 is 0 Å². The van der Waals surface area contributed by atoms with Crippen LogP contribution in [0.2, 0.25) is 0 Å². The van der Waals surface area contributed by atoms with Crippen LogP contribution in [0.15, 0.2) is 0 Å². The third kappa shape index (κ3) is 14.9. The average Bonchev–Trinajstić information content (AvgIpc) is 2.80. The Morgan fingerprint density at radius 3 is 1.38 bits per heavy atom. The van der Waals surface area contributed by atoms with Crippen molar-refractivity contribution in [3.63, 3.8) is 0 Å². The molecule has 6 heteroatoms. The Balaban J connectivity index is 4.19. The molecular formula is C28H54N2O4. The second-order valence-corrected chi connectivity index (χ2v) is 10.1. The molecule has 0 radical (unpaired) electrons. The number of rotatable bonds is 25. The maximum Gasteiger partial charge on any atom is 0.333 e. The fourth-order valence-electron chi connectivity index (χ4n) is 4.43. The van der Waals surface area contributed by atoms with Gasteiger partial charge in [0.1, 0.15) is 5.78 Å². The number of carboxylic acid groups (broad SMARTS) is 1. The molecule has 0 bridgehead atoms. The van der Waals surface area contributed by atoms with Crippen molar-refractivity contribution < 1.29 is 19.5 Å². The van der Waals surface area contributed by atoms with Crippen LogP contribution in [-0.4, -0.2) is 34.2 Å². The summed E-state index contributed by atoms with van der Waals surface area (Å²) >= 11 is 0. The summed E-state index contributed by atoms with van der Waals surface area (Å²) in [4.78, 5) is 36.8. The monoisotopic (exact) mass is 482 g/mol. The number of ketones is 2. The first kappa shape index (κ1) is 32.7. The minimum atomic E-state index is -2.19. The van der Waals surface area contributed by atoms with E-state index in [2.05, 4.69) is 13.8 Å². The molecule has 0 saturated heterocycles. The fraction of sp³-hybridized carbons (Fsp3) is 0.893. The number of hydrogen-bond donors (Lipinski definition) is 3. The summed E-state index contributed by atoms with van der Waals surface area (Å²) in [6, 6.07) is -1.19. The normalized spacial score (nSPS) is 14.0. The van der Waals surface area contributed by atoms with Gasteiger partial charge in [-0.15, -0.1) is 0 Å². The maximum atomic E-state index is 12.7. The molecule has 0 heterocycles. The van der Waals surface area contributed by atoms with E-state index in [-0.39, 0.29) is 18.6 Å².